The molecule has 1 unspecified atom stereocenters. The number of nitrogens with one attached hydrogen (secondary N) is 1. The molecule has 4 heteroatoms. The van der Waals surface area contributed by atoms with Crippen LogP contribution in [0.2, 0.25) is 0 Å². The van der Waals surface area contributed by atoms with E-state index in [9.17, 15) is 4.39 Å². The highest BCUT2D eigenvalue weighted by Crippen LogP contribution is 2.30. The van der Waals surface area contributed by atoms with Gasteiger partial charge in [0.25, 0.3) is 0 Å². The van der Waals surface area contributed by atoms with Crippen molar-refractivity contribution in [3.05, 3.63) is 29.6 Å². The smallest absolute Gasteiger partial charge is 0.146 e. The molecule has 1 heterocycles. The lowest BCUT2D eigenvalue weighted by atomic mass is 10.0. The fourth-order valence-electron chi connectivity index (χ4n) is 2.66. The summed E-state index contributed by atoms with van der Waals surface area (Å²) in [5.74, 6) is 2.19. The summed E-state index contributed by atoms with van der Waals surface area (Å²) in [7, 11) is 0. The lowest BCUT2D eigenvalue weighted by Gasteiger charge is -2.28. The van der Waals surface area contributed by atoms with Crippen LogP contribution in [-0.4, -0.2) is 31.1 Å². The second-order valence-corrected chi connectivity index (χ2v) is 6.53. The third kappa shape index (κ3) is 3.89. The standard InChI is InChI=1S/C16H25FN2S/c1-3-8-18-13(2)14-6-4-7-15(17)16(14)19-9-5-11-20-12-10-19/h4,6-7,13,18H,3,5,8-12H2,1-2H3. The average molecular weight is 296 g/mol. The van der Waals surface area contributed by atoms with Crippen molar-refractivity contribution in [3.63, 3.8) is 0 Å². The third-order valence-electron chi connectivity index (χ3n) is 3.72. The van der Waals surface area contributed by atoms with Crippen LogP contribution in [0.1, 0.15) is 38.3 Å². The minimum Gasteiger partial charge on any atom is -0.368 e. The van der Waals surface area contributed by atoms with Crippen LogP contribution in [-0.2, 0) is 0 Å². The Hall–Kier alpha value is -0.740. The number of hydrogen-bond donors (Lipinski definition) is 1. The zero-order valence-corrected chi connectivity index (χ0v) is 13.3. The molecule has 0 radical (unpaired) electrons. The topological polar surface area (TPSA) is 15.3 Å². The van der Waals surface area contributed by atoms with Gasteiger partial charge in [0.15, 0.2) is 0 Å². The molecular weight excluding hydrogens is 271 g/mol. The Balaban J connectivity index is 2.25. The molecule has 1 aliphatic heterocycles. The number of nitrogens with zero attached hydrogens (tertiary/aromatic N) is 1. The SMILES string of the molecule is CCCNC(C)c1cccc(F)c1N1CCCSCC1. The second-order valence-electron chi connectivity index (χ2n) is 5.31. The number of hydrogen-bond acceptors (Lipinski definition) is 3. The molecule has 0 saturated carbocycles. The zero-order valence-electron chi connectivity index (χ0n) is 12.5. The van der Waals surface area contributed by atoms with Crippen molar-refractivity contribution in [1.29, 1.82) is 0 Å². The predicted molar refractivity (Wildman–Crippen MR) is 87.3 cm³/mol. The van der Waals surface area contributed by atoms with E-state index >= 15 is 0 Å². The Morgan fingerprint density at radius 3 is 3.00 bits per heavy atom. The van der Waals surface area contributed by atoms with Crippen LogP contribution < -0.4 is 10.2 Å². The van der Waals surface area contributed by atoms with E-state index < -0.39 is 0 Å². The van der Waals surface area contributed by atoms with Crippen molar-refractivity contribution >= 4 is 17.4 Å². The van der Waals surface area contributed by atoms with E-state index in [1.807, 2.05) is 17.8 Å². The maximum absolute atomic E-state index is 14.4. The first-order valence-corrected chi connectivity index (χ1v) is 8.74. The molecule has 1 saturated heterocycles. The second kappa shape index (κ2) is 7.89. The Kier molecular flexibility index (Phi) is 6.17. The van der Waals surface area contributed by atoms with Crippen LogP contribution in [0.15, 0.2) is 18.2 Å². The molecule has 1 atom stereocenters. The molecule has 2 rings (SSSR count). The van der Waals surface area contributed by atoms with Gasteiger partial charge in [0.1, 0.15) is 5.82 Å². The van der Waals surface area contributed by atoms with Gasteiger partial charge in [0.05, 0.1) is 5.69 Å². The van der Waals surface area contributed by atoms with Crippen molar-refractivity contribution in [2.24, 2.45) is 0 Å². The largest absolute Gasteiger partial charge is 0.368 e. The maximum Gasteiger partial charge on any atom is 0.146 e. The maximum atomic E-state index is 14.4. The van der Waals surface area contributed by atoms with Crippen LogP contribution in [0.25, 0.3) is 0 Å². The van der Waals surface area contributed by atoms with Crippen molar-refractivity contribution in [2.75, 3.05) is 36.0 Å². The summed E-state index contributed by atoms with van der Waals surface area (Å²) >= 11 is 1.97. The summed E-state index contributed by atoms with van der Waals surface area (Å²) in [6.07, 6.45) is 2.23. The van der Waals surface area contributed by atoms with Crippen LogP contribution >= 0.6 is 11.8 Å². The lowest BCUT2D eigenvalue weighted by molar-refractivity contribution is 0.558. The molecule has 0 bridgehead atoms. The number of thioether (sulfide) groups is 1. The van der Waals surface area contributed by atoms with Gasteiger partial charge in [0, 0.05) is 24.9 Å². The van der Waals surface area contributed by atoms with Crippen molar-refractivity contribution < 1.29 is 4.39 Å². The molecule has 1 N–H and O–H groups in total. The van der Waals surface area contributed by atoms with Gasteiger partial charge in [0.2, 0.25) is 0 Å². The first-order chi connectivity index (χ1) is 9.74. The van der Waals surface area contributed by atoms with Crippen LogP contribution in [0.5, 0.6) is 0 Å². The van der Waals surface area contributed by atoms with Gasteiger partial charge < -0.3 is 10.2 Å². The summed E-state index contributed by atoms with van der Waals surface area (Å²) in [4.78, 5) is 2.23. The van der Waals surface area contributed by atoms with Crippen molar-refractivity contribution in [2.45, 2.75) is 32.7 Å². The molecule has 0 aromatic heterocycles. The number of anilines is 1. The minimum atomic E-state index is -0.0838. The van der Waals surface area contributed by atoms with Crippen LogP contribution in [0.4, 0.5) is 10.1 Å². The first-order valence-electron chi connectivity index (χ1n) is 7.58. The van der Waals surface area contributed by atoms with Gasteiger partial charge in [-0.15, -0.1) is 0 Å². The lowest BCUT2D eigenvalue weighted by Crippen LogP contribution is -2.29. The van der Waals surface area contributed by atoms with Gasteiger partial charge in [-0.2, -0.15) is 11.8 Å². The molecule has 0 spiro atoms. The van der Waals surface area contributed by atoms with Gasteiger partial charge in [-0.05, 0) is 43.7 Å². The highest BCUT2D eigenvalue weighted by atomic mass is 32.2. The van der Waals surface area contributed by atoms with E-state index in [4.69, 9.17) is 0 Å². The van der Waals surface area contributed by atoms with E-state index in [1.165, 1.54) is 5.75 Å². The minimum absolute atomic E-state index is 0.0838. The van der Waals surface area contributed by atoms with E-state index in [0.717, 1.165) is 49.5 Å². The van der Waals surface area contributed by atoms with Crippen molar-refractivity contribution in [1.82, 2.24) is 5.32 Å². The molecule has 112 valence electrons. The number of para-hydroxylation sites is 1. The quantitative estimate of drug-likeness (QED) is 0.889. The van der Waals surface area contributed by atoms with Gasteiger partial charge in [-0.3, -0.25) is 0 Å². The van der Waals surface area contributed by atoms with Gasteiger partial charge in [-0.1, -0.05) is 19.1 Å². The molecule has 20 heavy (non-hydrogen) atoms. The molecule has 1 aromatic carbocycles. The predicted octanol–water partition coefficient (Wildman–Crippen LogP) is 3.83. The Labute approximate surface area is 126 Å². The Bertz CT molecular complexity index is 417. The first kappa shape index (κ1) is 15.6. The van der Waals surface area contributed by atoms with Crippen molar-refractivity contribution in [3.8, 4) is 0 Å². The summed E-state index contributed by atoms with van der Waals surface area (Å²) in [6, 6.07) is 5.66. The Morgan fingerprint density at radius 1 is 1.35 bits per heavy atom. The van der Waals surface area contributed by atoms with E-state index in [-0.39, 0.29) is 11.9 Å². The average Bonchev–Trinajstić information content (AvgIpc) is 2.73. The molecule has 0 amide bonds. The normalized spacial score (nSPS) is 17.9. The van der Waals surface area contributed by atoms with Crippen LogP contribution in [0, 0.1) is 5.82 Å². The fraction of sp³-hybridized carbons (Fsp3) is 0.625. The molecule has 1 aliphatic rings. The molecular formula is C16H25FN2S. The molecule has 2 nitrogen and oxygen atoms in total. The molecule has 1 fully saturated rings. The molecule has 0 aliphatic carbocycles. The van der Waals surface area contributed by atoms with E-state index in [2.05, 4.69) is 30.1 Å². The third-order valence-corrected chi connectivity index (χ3v) is 4.77. The monoisotopic (exact) mass is 296 g/mol. The highest BCUT2D eigenvalue weighted by Gasteiger charge is 2.20. The van der Waals surface area contributed by atoms with Gasteiger partial charge >= 0.3 is 0 Å². The summed E-state index contributed by atoms with van der Waals surface area (Å²) in [5, 5.41) is 3.47. The fourth-order valence-corrected chi connectivity index (χ4v) is 3.54. The summed E-state index contributed by atoms with van der Waals surface area (Å²) in [5.41, 5.74) is 1.90. The summed E-state index contributed by atoms with van der Waals surface area (Å²) < 4.78 is 14.4. The van der Waals surface area contributed by atoms with Gasteiger partial charge in [-0.25, -0.2) is 4.39 Å². The van der Waals surface area contributed by atoms with Crippen LogP contribution in [0.3, 0.4) is 0 Å². The number of rotatable bonds is 5. The zero-order chi connectivity index (χ0) is 14.4. The summed E-state index contributed by atoms with van der Waals surface area (Å²) in [6.45, 7) is 7.15. The highest BCUT2D eigenvalue weighted by molar-refractivity contribution is 7.99. The number of halogens is 1. The number of benzene rings is 1. The van der Waals surface area contributed by atoms with E-state index in [0.29, 0.717) is 0 Å². The molecule has 1 aromatic rings. The Morgan fingerprint density at radius 2 is 2.20 bits per heavy atom. The van der Waals surface area contributed by atoms with E-state index in [1.54, 1.807) is 6.07 Å².